The number of hydrogen-bond donors (Lipinski definition) is 2. The third-order valence-electron chi connectivity index (χ3n) is 2.39. The Kier molecular flexibility index (Phi) is 3.71. The van der Waals surface area contributed by atoms with E-state index in [0.717, 1.165) is 15.7 Å². The summed E-state index contributed by atoms with van der Waals surface area (Å²) in [4.78, 5) is 11.5. The van der Waals surface area contributed by atoms with Crippen molar-refractivity contribution in [2.75, 3.05) is 7.05 Å². The fraction of sp³-hybridized carbons (Fsp3) is 0.167. The minimum Gasteiger partial charge on any atom is -0.315 e. The van der Waals surface area contributed by atoms with Gasteiger partial charge in [-0.1, -0.05) is 28.1 Å². The zero-order valence-electron chi connectivity index (χ0n) is 9.33. The molecule has 2 rings (SSSR count). The summed E-state index contributed by atoms with van der Waals surface area (Å²) >= 11 is 3.38. The second kappa shape index (κ2) is 5.25. The van der Waals surface area contributed by atoms with Crippen LogP contribution in [0.1, 0.15) is 5.56 Å². The van der Waals surface area contributed by atoms with Gasteiger partial charge < -0.3 is 5.32 Å². The normalized spacial score (nSPS) is 10.5. The van der Waals surface area contributed by atoms with Crippen LogP contribution in [0.5, 0.6) is 0 Å². The maximum Gasteiger partial charge on any atom is 0.268 e. The van der Waals surface area contributed by atoms with Gasteiger partial charge >= 0.3 is 0 Å². The number of hydrogen-bond acceptors (Lipinski definition) is 3. The lowest BCUT2D eigenvalue weighted by Crippen LogP contribution is -2.19. The number of halogens is 1. The molecule has 0 aliphatic heterocycles. The van der Waals surface area contributed by atoms with Gasteiger partial charge in [0, 0.05) is 22.1 Å². The highest BCUT2D eigenvalue weighted by Crippen LogP contribution is 2.19. The van der Waals surface area contributed by atoms with Crippen LogP contribution >= 0.6 is 15.9 Å². The van der Waals surface area contributed by atoms with E-state index in [1.54, 1.807) is 13.1 Å². The molecule has 0 aliphatic carbocycles. The molecule has 0 unspecified atom stereocenters. The molecular weight excluding hydrogens is 282 g/mol. The lowest BCUT2D eigenvalue weighted by atomic mass is 10.1. The van der Waals surface area contributed by atoms with Crippen molar-refractivity contribution in [3.05, 3.63) is 50.7 Å². The summed E-state index contributed by atoms with van der Waals surface area (Å²) in [6, 6.07) is 9.60. The van der Waals surface area contributed by atoms with Crippen LogP contribution in [0, 0.1) is 0 Å². The zero-order chi connectivity index (χ0) is 12.3. The number of nitrogens with zero attached hydrogens (tertiary/aromatic N) is 1. The molecule has 0 saturated carbocycles. The van der Waals surface area contributed by atoms with E-state index in [2.05, 4.69) is 31.4 Å². The van der Waals surface area contributed by atoms with Crippen LogP contribution in [0.15, 0.2) is 39.6 Å². The van der Waals surface area contributed by atoms with Gasteiger partial charge in [-0.05, 0) is 25.2 Å². The van der Waals surface area contributed by atoms with Gasteiger partial charge in [-0.25, -0.2) is 5.10 Å². The van der Waals surface area contributed by atoms with Gasteiger partial charge in [0.2, 0.25) is 0 Å². The zero-order valence-corrected chi connectivity index (χ0v) is 10.9. The summed E-state index contributed by atoms with van der Waals surface area (Å²) in [5, 5.41) is 9.51. The molecule has 4 nitrogen and oxygen atoms in total. The third kappa shape index (κ3) is 2.81. The van der Waals surface area contributed by atoms with Crippen molar-refractivity contribution in [2.45, 2.75) is 6.54 Å². The van der Waals surface area contributed by atoms with Gasteiger partial charge in [0.1, 0.15) is 0 Å². The largest absolute Gasteiger partial charge is 0.315 e. The van der Waals surface area contributed by atoms with Gasteiger partial charge in [-0.15, -0.1) is 0 Å². The molecule has 2 aromatic rings. The summed E-state index contributed by atoms with van der Waals surface area (Å²) in [5.74, 6) is 0. The number of rotatable bonds is 3. The van der Waals surface area contributed by atoms with Gasteiger partial charge in [-0.3, -0.25) is 4.79 Å². The van der Waals surface area contributed by atoms with E-state index in [1.807, 2.05) is 24.3 Å². The van der Waals surface area contributed by atoms with Crippen molar-refractivity contribution in [3.8, 4) is 11.3 Å². The van der Waals surface area contributed by atoms with Crippen LogP contribution in [0.4, 0.5) is 0 Å². The number of benzene rings is 1. The van der Waals surface area contributed by atoms with Gasteiger partial charge in [-0.2, -0.15) is 5.10 Å². The first-order chi connectivity index (χ1) is 8.20. The Hall–Kier alpha value is -1.46. The molecule has 0 amide bonds. The summed E-state index contributed by atoms with van der Waals surface area (Å²) in [5.41, 5.74) is 2.27. The molecule has 88 valence electrons. The number of nitrogens with one attached hydrogen (secondary N) is 2. The average Bonchev–Trinajstić information content (AvgIpc) is 2.33. The third-order valence-corrected chi connectivity index (χ3v) is 2.92. The molecule has 5 heteroatoms. The lowest BCUT2D eigenvalue weighted by Gasteiger charge is -2.03. The quantitative estimate of drug-likeness (QED) is 0.909. The van der Waals surface area contributed by atoms with Crippen molar-refractivity contribution < 1.29 is 0 Å². The highest BCUT2D eigenvalue weighted by molar-refractivity contribution is 9.10. The predicted molar refractivity (Wildman–Crippen MR) is 70.8 cm³/mol. The second-order valence-corrected chi connectivity index (χ2v) is 4.56. The molecule has 1 aromatic heterocycles. The van der Waals surface area contributed by atoms with Crippen molar-refractivity contribution in [1.82, 2.24) is 15.5 Å². The van der Waals surface area contributed by atoms with Crippen LogP contribution in [-0.2, 0) is 6.54 Å². The number of aromatic amines is 1. The topological polar surface area (TPSA) is 57.8 Å². The van der Waals surface area contributed by atoms with E-state index >= 15 is 0 Å². The van der Waals surface area contributed by atoms with E-state index in [1.165, 1.54) is 0 Å². The minimum atomic E-state index is -0.153. The Balaban J connectivity index is 2.42. The predicted octanol–water partition coefficient (Wildman–Crippen LogP) is 1.92. The van der Waals surface area contributed by atoms with Crippen LogP contribution in [-0.4, -0.2) is 17.2 Å². The van der Waals surface area contributed by atoms with E-state index in [9.17, 15) is 4.79 Å². The summed E-state index contributed by atoms with van der Waals surface area (Å²) < 4.78 is 1.01. The van der Waals surface area contributed by atoms with Crippen molar-refractivity contribution in [2.24, 2.45) is 0 Å². The molecule has 0 bridgehead atoms. The second-order valence-electron chi connectivity index (χ2n) is 3.64. The van der Waals surface area contributed by atoms with Gasteiger partial charge in [0.25, 0.3) is 5.56 Å². The summed E-state index contributed by atoms with van der Waals surface area (Å²) in [7, 11) is 1.80. The van der Waals surface area contributed by atoms with E-state index in [0.29, 0.717) is 12.1 Å². The Morgan fingerprint density at radius 3 is 2.71 bits per heavy atom. The molecular formula is C12H12BrN3O. The molecule has 0 aliphatic rings. The minimum absolute atomic E-state index is 0.153. The van der Waals surface area contributed by atoms with Gasteiger partial charge in [0.05, 0.1) is 5.69 Å². The highest BCUT2D eigenvalue weighted by Gasteiger charge is 2.04. The number of H-pyrrole nitrogens is 1. The first-order valence-electron chi connectivity index (χ1n) is 5.20. The van der Waals surface area contributed by atoms with Crippen LogP contribution in [0.2, 0.25) is 0 Å². The summed E-state index contributed by atoms with van der Waals surface area (Å²) in [6.07, 6.45) is 0. The van der Waals surface area contributed by atoms with Crippen LogP contribution in [0.3, 0.4) is 0 Å². The Bertz CT molecular complexity index is 563. The molecule has 0 radical (unpaired) electrons. The maximum absolute atomic E-state index is 11.5. The Labute approximate surface area is 107 Å². The fourth-order valence-corrected chi connectivity index (χ4v) is 1.80. The van der Waals surface area contributed by atoms with E-state index < -0.39 is 0 Å². The first kappa shape index (κ1) is 12.0. The molecule has 1 heterocycles. The molecule has 0 spiro atoms. The van der Waals surface area contributed by atoms with E-state index in [4.69, 9.17) is 0 Å². The standard InChI is InChI=1S/C12H12BrN3O/c1-14-7-9-6-11(15-16-12(9)17)8-2-4-10(13)5-3-8/h2-6,14H,7H2,1H3,(H,16,17). The summed E-state index contributed by atoms with van der Waals surface area (Å²) in [6.45, 7) is 0.529. The molecule has 0 fully saturated rings. The van der Waals surface area contributed by atoms with Crippen LogP contribution in [0.25, 0.3) is 11.3 Å². The Morgan fingerprint density at radius 1 is 1.35 bits per heavy atom. The lowest BCUT2D eigenvalue weighted by molar-refractivity contribution is 0.794. The van der Waals surface area contributed by atoms with Gasteiger partial charge in [0.15, 0.2) is 0 Å². The van der Waals surface area contributed by atoms with Crippen LogP contribution < -0.4 is 10.9 Å². The molecule has 2 N–H and O–H groups in total. The van der Waals surface area contributed by atoms with E-state index in [-0.39, 0.29) is 5.56 Å². The average molecular weight is 294 g/mol. The molecule has 0 atom stereocenters. The van der Waals surface area contributed by atoms with Crippen molar-refractivity contribution >= 4 is 15.9 Å². The maximum atomic E-state index is 11.5. The monoisotopic (exact) mass is 293 g/mol. The first-order valence-corrected chi connectivity index (χ1v) is 5.99. The number of aromatic nitrogens is 2. The Morgan fingerprint density at radius 2 is 2.06 bits per heavy atom. The molecule has 0 saturated heterocycles. The van der Waals surface area contributed by atoms with Crippen molar-refractivity contribution in [1.29, 1.82) is 0 Å². The molecule has 1 aromatic carbocycles. The highest BCUT2D eigenvalue weighted by atomic mass is 79.9. The smallest absolute Gasteiger partial charge is 0.268 e. The SMILES string of the molecule is CNCc1cc(-c2ccc(Br)cc2)n[nH]c1=O. The molecule has 17 heavy (non-hydrogen) atoms. The fourth-order valence-electron chi connectivity index (χ4n) is 1.54. The van der Waals surface area contributed by atoms with Crippen molar-refractivity contribution in [3.63, 3.8) is 0 Å².